The van der Waals surface area contributed by atoms with Crippen LogP contribution in [0.25, 0.3) is 10.9 Å². The van der Waals surface area contributed by atoms with Crippen LogP contribution in [0.4, 0.5) is 0 Å². The minimum atomic E-state index is 0.315. The molecule has 0 unspecified atom stereocenters. The van der Waals surface area contributed by atoms with Gasteiger partial charge in [0.25, 0.3) is 5.89 Å². The molecule has 2 aromatic heterocycles. The SMILES string of the molecule is c1cc2cc(OCc3nc(C4CC4)no3)ccc2[nH]1. The van der Waals surface area contributed by atoms with Crippen molar-refractivity contribution in [3.63, 3.8) is 0 Å². The van der Waals surface area contributed by atoms with Crippen LogP contribution in [0.5, 0.6) is 5.75 Å². The Hall–Kier alpha value is -2.30. The van der Waals surface area contributed by atoms with Gasteiger partial charge in [-0.15, -0.1) is 0 Å². The summed E-state index contributed by atoms with van der Waals surface area (Å²) in [6.45, 7) is 0.315. The standard InChI is InChI=1S/C14H13N3O2/c1-2-9(1)14-16-13(19-17-14)8-18-11-3-4-12-10(7-11)5-6-15-12/h3-7,9,15H,1-2,8H2. The number of benzene rings is 1. The number of nitrogens with zero attached hydrogens (tertiary/aromatic N) is 2. The summed E-state index contributed by atoms with van der Waals surface area (Å²) in [5.74, 6) is 2.67. The Kier molecular flexibility index (Phi) is 2.30. The third kappa shape index (κ3) is 2.07. The first kappa shape index (κ1) is 10.6. The van der Waals surface area contributed by atoms with Crippen LogP contribution in [0.15, 0.2) is 35.0 Å². The Bertz CT molecular complexity index is 712. The highest BCUT2D eigenvalue weighted by Gasteiger charge is 2.28. The second-order valence-corrected chi connectivity index (χ2v) is 4.84. The molecule has 1 fully saturated rings. The summed E-state index contributed by atoms with van der Waals surface area (Å²) in [6.07, 6.45) is 4.25. The highest BCUT2D eigenvalue weighted by atomic mass is 16.5. The fourth-order valence-electron chi connectivity index (χ4n) is 2.10. The summed E-state index contributed by atoms with van der Waals surface area (Å²) in [6, 6.07) is 7.93. The van der Waals surface area contributed by atoms with Gasteiger partial charge in [-0.05, 0) is 37.1 Å². The van der Waals surface area contributed by atoms with E-state index in [0.717, 1.165) is 22.5 Å². The summed E-state index contributed by atoms with van der Waals surface area (Å²) in [4.78, 5) is 7.48. The van der Waals surface area contributed by atoms with Gasteiger partial charge in [0.05, 0.1) is 0 Å². The van der Waals surface area contributed by atoms with Crippen molar-refractivity contribution in [1.29, 1.82) is 0 Å². The van der Waals surface area contributed by atoms with Crippen LogP contribution >= 0.6 is 0 Å². The van der Waals surface area contributed by atoms with E-state index in [0.29, 0.717) is 18.4 Å². The molecule has 0 amide bonds. The van der Waals surface area contributed by atoms with E-state index in [4.69, 9.17) is 9.26 Å². The second-order valence-electron chi connectivity index (χ2n) is 4.84. The van der Waals surface area contributed by atoms with Gasteiger partial charge in [0.15, 0.2) is 12.4 Å². The molecule has 0 radical (unpaired) electrons. The van der Waals surface area contributed by atoms with Gasteiger partial charge >= 0.3 is 0 Å². The number of aromatic nitrogens is 3. The normalized spacial score (nSPS) is 14.9. The number of aromatic amines is 1. The Morgan fingerprint density at radius 3 is 3.16 bits per heavy atom. The molecule has 1 aromatic carbocycles. The van der Waals surface area contributed by atoms with Gasteiger partial charge in [0.1, 0.15) is 5.75 Å². The molecule has 1 saturated carbocycles. The maximum absolute atomic E-state index is 5.67. The van der Waals surface area contributed by atoms with E-state index in [1.54, 1.807) is 0 Å². The average molecular weight is 255 g/mol. The lowest BCUT2D eigenvalue weighted by molar-refractivity contribution is 0.242. The monoisotopic (exact) mass is 255 g/mol. The quantitative estimate of drug-likeness (QED) is 0.778. The van der Waals surface area contributed by atoms with Crippen molar-refractivity contribution in [2.45, 2.75) is 25.4 Å². The molecule has 0 aliphatic heterocycles. The molecule has 0 spiro atoms. The minimum Gasteiger partial charge on any atom is -0.484 e. The maximum Gasteiger partial charge on any atom is 0.264 e. The molecule has 3 aromatic rings. The van der Waals surface area contributed by atoms with Crippen molar-refractivity contribution in [2.24, 2.45) is 0 Å². The zero-order valence-electron chi connectivity index (χ0n) is 10.3. The van der Waals surface area contributed by atoms with Gasteiger partial charge < -0.3 is 14.2 Å². The van der Waals surface area contributed by atoms with Gasteiger partial charge in [0.2, 0.25) is 0 Å². The zero-order valence-corrected chi connectivity index (χ0v) is 10.3. The lowest BCUT2D eigenvalue weighted by Crippen LogP contribution is -1.95. The van der Waals surface area contributed by atoms with E-state index in [-0.39, 0.29) is 0 Å². The van der Waals surface area contributed by atoms with E-state index >= 15 is 0 Å². The number of hydrogen-bond acceptors (Lipinski definition) is 4. The molecule has 1 aliphatic rings. The smallest absolute Gasteiger partial charge is 0.264 e. The molecule has 5 nitrogen and oxygen atoms in total. The zero-order chi connectivity index (χ0) is 12.7. The van der Waals surface area contributed by atoms with Crippen LogP contribution in [0.2, 0.25) is 0 Å². The lowest BCUT2D eigenvalue weighted by Gasteiger charge is -2.02. The van der Waals surface area contributed by atoms with Crippen molar-refractivity contribution < 1.29 is 9.26 Å². The van der Waals surface area contributed by atoms with Crippen molar-refractivity contribution in [3.8, 4) is 5.75 Å². The summed E-state index contributed by atoms with van der Waals surface area (Å²) in [7, 11) is 0. The highest BCUT2D eigenvalue weighted by molar-refractivity contribution is 5.80. The van der Waals surface area contributed by atoms with Crippen LogP contribution in [-0.2, 0) is 6.61 Å². The Labute approximate surface area is 109 Å². The van der Waals surface area contributed by atoms with Crippen LogP contribution in [-0.4, -0.2) is 15.1 Å². The van der Waals surface area contributed by atoms with E-state index in [2.05, 4.69) is 15.1 Å². The largest absolute Gasteiger partial charge is 0.484 e. The molecule has 5 heteroatoms. The maximum atomic E-state index is 5.67. The van der Waals surface area contributed by atoms with Crippen molar-refractivity contribution in [1.82, 2.24) is 15.1 Å². The van der Waals surface area contributed by atoms with Crippen LogP contribution in [0, 0.1) is 0 Å². The van der Waals surface area contributed by atoms with Crippen LogP contribution in [0.3, 0.4) is 0 Å². The van der Waals surface area contributed by atoms with Crippen molar-refractivity contribution in [3.05, 3.63) is 42.2 Å². The third-order valence-electron chi connectivity index (χ3n) is 3.31. The second kappa shape index (κ2) is 4.12. The van der Waals surface area contributed by atoms with E-state index in [1.807, 2.05) is 30.5 Å². The highest BCUT2D eigenvalue weighted by Crippen LogP contribution is 2.38. The summed E-state index contributed by atoms with van der Waals surface area (Å²) in [5.41, 5.74) is 1.10. The molecule has 96 valence electrons. The van der Waals surface area contributed by atoms with E-state index in [1.165, 1.54) is 12.8 Å². The average Bonchev–Trinajstić information content (AvgIpc) is 3.01. The fourth-order valence-corrected chi connectivity index (χ4v) is 2.10. The van der Waals surface area contributed by atoms with Crippen molar-refractivity contribution >= 4 is 10.9 Å². The molecule has 19 heavy (non-hydrogen) atoms. The Balaban J connectivity index is 1.47. The first-order valence-electron chi connectivity index (χ1n) is 6.41. The number of nitrogens with one attached hydrogen (secondary N) is 1. The van der Waals surface area contributed by atoms with Gasteiger partial charge in [-0.2, -0.15) is 4.98 Å². The molecule has 2 heterocycles. The predicted molar refractivity (Wildman–Crippen MR) is 68.9 cm³/mol. The fraction of sp³-hybridized carbons (Fsp3) is 0.286. The van der Waals surface area contributed by atoms with E-state index < -0.39 is 0 Å². The molecular weight excluding hydrogens is 242 g/mol. The number of rotatable bonds is 4. The first-order valence-corrected chi connectivity index (χ1v) is 6.41. The molecule has 0 atom stereocenters. The molecule has 0 bridgehead atoms. The summed E-state index contributed by atoms with van der Waals surface area (Å²) >= 11 is 0. The molecular formula is C14H13N3O2. The molecule has 1 N–H and O–H groups in total. The topological polar surface area (TPSA) is 63.9 Å². The van der Waals surface area contributed by atoms with Gasteiger partial charge in [-0.1, -0.05) is 5.16 Å². The molecule has 1 aliphatic carbocycles. The third-order valence-corrected chi connectivity index (χ3v) is 3.31. The molecule has 0 saturated heterocycles. The van der Waals surface area contributed by atoms with Crippen molar-refractivity contribution in [2.75, 3.05) is 0 Å². The lowest BCUT2D eigenvalue weighted by atomic mass is 10.2. The predicted octanol–water partition coefficient (Wildman–Crippen LogP) is 3.01. The molecule has 4 rings (SSSR count). The van der Waals surface area contributed by atoms with Gasteiger partial charge in [0, 0.05) is 23.0 Å². The number of H-pyrrole nitrogens is 1. The van der Waals surface area contributed by atoms with Gasteiger partial charge in [-0.25, -0.2) is 0 Å². The van der Waals surface area contributed by atoms with Crippen LogP contribution < -0.4 is 4.74 Å². The Morgan fingerprint density at radius 1 is 1.32 bits per heavy atom. The van der Waals surface area contributed by atoms with E-state index in [9.17, 15) is 0 Å². The number of fused-ring (bicyclic) bond motifs is 1. The first-order chi connectivity index (χ1) is 9.38. The summed E-state index contributed by atoms with van der Waals surface area (Å²) < 4.78 is 10.8. The summed E-state index contributed by atoms with van der Waals surface area (Å²) in [5, 5.41) is 5.09. The van der Waals surface area contributed by atoms with Crippen LogP contribution in [0.1, 0.15) is 30.5 Å². The Morgan fingerprint density at radius 2 is 2.26 bits per heavy atom. The minimum absolute atomic E-state index is 0.315. The number of hydrogen-bond donors (Lipinski definition) is 1. The number of ether oxygens (including phenoxy) is 1. The van der Waals surface area contributed by atoms with Gasteiger partial charge in [-0.3, -0.25) is 0 Å².